The van der Waals surface area contributed by atoms with Crippen LogP contribution in [0.15, 0.2) is 24.3 Å². The normalized spacial score (nSPS) is 12.7. The Morgan fingerprint density at radius 1 is 0.397 bits per heavy atom. The number of nitrogens with one attached hydrogen (secondary N) is 1. The largest absolute Gasteiger partial charge is 0.466 e. The summed E-state index contributed by atoms with van der Waals surface area (Å²) < 4.78 is 5.48. The molecule has 402 valence electrons. The first-order valence-electron chi connectivity index (χ1n) is 30.6. The van der Waals surface area contributed by atoms with Gasteiger partial charge in [-0.25, -0.2) is 0 Å². The van der Waals surface area contributed by atoms with Gasteiger partial charge in [-0.1, -0.05) is 269 Å². The average Bonchev–Trinajstić information content (AvgIpc) is 3.34. The van der Waals surface area contributed by atoms with Crippen LogP contribution >= 0.6 is 0 Å². The Morgan fingerprint density at radius 3 is 1.04 bits per heavy atom. The molecular weight excluding hydrogens is 839 g/mol. The molecule has 0 aromatic rings. The maximum atomic E-state index is 12.5. The first-order valence-corrected chi connectivity index (χ1v) is 30.6. The van der Waals surface area contributed by atoms with Crippen LogP contribution in [0.25, 0.3) is 0 Å². The molecule has 3 N–H and O–H groups in total. The maximum absolute atomic E-state index is 12.5. The highest BCUT2D eigenvalue weighted by Crippen LogP contribution is 2.17. The molecule has 6 heteroatoms. The van der Waals surface area contributed by atoms with Crippen molar-refractivity contribution >= 4 is 11.9 Å². The van der Waals surface area contributed by atoms with E-state index in [4.69, 9.17) is 4.74 Å². The molecule has 0 heterocycles. The van der Waals surface area contributed by atoms with E-state index in [0.29, 0.717) is 25.9 Å². The van der Waals surface area contributed by atoms with E-state index in [2.05, 4.69) is 43.5 Å². The fraction of sp³-hybridized carbons (Fsp3) is 0.903. The van der Waals surface area contributed by atoms with Crippen LogP contribution in [0.1, 0.15) is 335 Å². The summed E-state index contributed by atoms with van der Waals surface area (Å²) in [5.74, 6) is -0.0345. The summed E-state index contributed by atoms with van der Waals surface area (Å²) in [6, 6.07) is -0.544. The summed E-state index contributed by atoms with van der Waals surface area (Å²) in [4.78, 5) is 24.5. The first-order chi connectivity index (χ1) is 33.5. The van der Waals surface area contributed by atoms with Crippen LogP contribution in [0, 0.1) is 0 Å². The van der Waals surface area contributed by atoms with E-state index in [-0.39, 0.29) is 18.5 Å². The molecule has 6 nitrogen and oxygen atoms in total. The van der Waals surface area contributed by atoms with Crippen molar-refractivity contribution in [3.63, 3.8) is 0 Å². The molecule has 0 saturated heterocycles. The van der Waals surface area contributed by atoms with E-state index in [1.165, 1.54) is 257 Å². The Hall–Kier alpha value is -1.66. The lowest BCUT2D eigenvalue weighted by molar-refractivity contribution is -0.143. The van der Waals surface area contributed by atoms with Crippen molar-refractivity contribution in [3.8, 4) is 0 Å². The molecule has 0 aromatic carbocycles. The molecule has 0 aliphatic rings. The third-order valence-electron chi connectivity index (χ3n) is 14.2. The van der Waals surface area contributed by atoms with Crippen LogP contribution < -0.4 is 5.32 Å². The van der Waals surface area contributed by atoms with Gasteiger partial charge in [0.2, 0.25) is 5.91 Å². The first kappa shape index (κ1) is 66.3. The van der Waals surface area contributed by atoms with Crippen molar-refractivity contribution in [1.29, 1.82) is 0 Å². The summed E-state index contributed by atoms with van der Waals surface area (Å²) in [5.41, 5.74) is 0. The highest BCUT2D eigenvalue weighted by Gasteiger charge is 2.20. The van der Waals surface area contributed by atoms with Crippen molar-refractivity contribution < 1.29 is 24.5 Å². The lowest BCUT2D eigenvalue weighted by Crippen LogP contribution is -2.45. The molecule has 2 unspecified atom stereocenters. The van der Waals surface area contributed by atoms with E-state index < -0.39 is 12.1 Å². The maximum Gasteiger partial charge on any atom is 0.305 e. The molecule has 2 atom stereocenters. The number of carbonyl (C=O) groups is 2. The summed E-state index contributed by atoms with van der Waals surface area (Å²) in [6.45, 7) is 4.95. The van der Waals surface area contributed by atoms with Gasteiger partial charge in [0, 0.05) is 12.8 Å². The Morgan fingerprint density at radius 2 is 0.691 bits per heavy atom. The summed E-state index contributed by atoms with van der Waals surface area (Å²) in [6.07, 6.45) is 70.4. The minimum Gasteiger partial charge on any atom is -0.466 e. The van der Waals surface area contributed by atoms with Crippen LogP contribution in [0.5, 0.6) is 0 Å². The van der Waals surface area contributed by atoms with E-state index in [1.807, 2.05) is 0 Å². The van der Waals surface area contributed by atoms with Gasteiger partial charge in [-0.2, -0.15) is 0 Å². The zero-order chi connectivity index (χ0) is 49.3. The number of unbranched alkanes of at least 4 members (excludes halogenated alkanes) is 42. The molecule has 0 bridgehead atoms. The number of aliphatic hydroxyl groups is 2. The lowest BCUT2D eigenvalue weighted by Gasteiger charge is -2.22. The van der Waals surface area contributed by atoms with Crippen LogP contribution in [0.2, 0.25) is 0 Å². The lowest BCUT2D eigenvalue weighted by atomic mass is 10.0. The second-order valence-electron chi connectivity index (χ2n) is 21.0. The number of aliphatic hydroxyl groups excluding tert-OH is 2. The van der Waals surface area contributed by atoms with Gasteiger partial charge in [0.25, 0.3) is 0 Å². The zero-order valence-corrected chi connectivity index (χ0v) is 45.9. The number of allylic oxidation sites excluding steroid dienone is 4. The standard InChI is InChI=1S/C62H119NO5/c1-3-5-7-9-11-13-15-17-32-36-40-44-48-52-56-62(67)68-57-53-49-45-41-37-33-29-27-25-23-21-19-18-20-22-24-26-28-31-35-39-43-47-51-55-61(66)63-59(58-64)60(65)54-50-46-42-38-34-30-16-14-12-10-8-6-4-2/h15,17,20,22,59-60,64-65H,3-14,16,18-19,21,23-58H2,1-2H3,(H,63,66)/b17-15-,22-20-. The third-order valence-corrected chi connectivity index (χ3v) is 14.2. The van der Waals surface area contributed by atoms with Gasteiger partial charge in [0.1, 0.15) is 0 Å². The van der Waals surface area contributed by atoms with Gasteiger partial charge < -0.3 is 20.3 Å². The molecule has 0 aliphatic heterocycles. The molecule has 0 spiro atoms. The fourth-order valence-electron chi connectivity index (χ4n) is 9.51. The number of rotatable bonds is 57. The van der Waals surface area contributed by atoms with Crippen LogP contribution in [-0.2, 0) is 14.3 Å². The topological polar surface area (TPSA) is 95.9 Å². The summed E-state index contributed by atoms with van der Waals surface area (Å²) in [7, 11) is 0. The summed E-state index contributed by atoms with van der Waals surface area (Å²) >= 11 is 0. The Balaban J connectivity index is 3.39. The average molecular weight is 959 g/mol. The summed E-state index contributed by atoms with van der Waals surface area (Å²) in [5, 5.41) is 23.2. The monoisotopic (exact) mass is 958 g/mol. The molecule has 0 saturated carbocycles. The molecule has 0 aliphatic carbocycles. The highest BCUT2D eigenvalue weighted by molar-refractivity contribution is 5.76. The van der Waals surface area contributed by atoms with E-state index >= 15 is 0 Å². The minimum absolute atomic E-state index is 0.00418. The minimum atomic E-state index is -0.666. The molecule has 0 fully saturated rings. The number of esters is 1. The number of carbonyl (C=O) groups excluding carboxylic acids is 2. The number of ether oxygens (including phenoxy) is 1. The van der Waals surface area contributed by atoms with Gasteiger partial charge in [0.15, 0.2) is 0 Å². The Kier molecular flexibility index (Phi) is 56.5. The second kappa shape index (κ2) is 57.9. The van der Waals surface area contributed by atoms with Crippen LogP contribution in [0.3, 0.4) is 0 Å². The predicted octanol–water partition coefficient (Wildman–Crippen LogP) is 19.0. The van der Waals surface area contributed by atoms with Crippen molar-refractivity contribution in [1.82, 2.24) is 5.32 Å². The highest BCUT2D eigenvalue weighted by atomic mass is 16.5. The van der Waals surface area contributed by atoms with Gasteiger partial charge in [-0.05, 0) is 77.0 Å². The molecule has 68 heavy (non-hydrogen) atoms. The second-order valence-corrected chi connectivity index (χ2v) is 21.0. The van der Waals surface area contributed by atoms with Gasteiger partial charge in [-0.3, -0.25) is 9.59 Å². The fourth-order valence-corrected chi connectivity index (χ4v) is 9.51. The predicted molar refractivity (Wildman–Crippen MR) is 296 cm³/mol. The van der Waals surface area contributed by atoms with Crippen LogP contribution in [0.4, 0.5) is 0 Å². The van der Waals surface area contributed by atoms with Crippen molar-refractivity contribution in [2.75, 3.05) is 13.2 Å². The molecule has 1 amide bonds. The molecule has 0 radical (unpaired) electrons. The van der Waals surface area contributed by atoms with Gasteiger partial charge in [-0.15, -0.1) is 0 Å². The number of amides is 1. The smallest absolute Gasteiger partial charge is 0.305 e. The molecule has 0 aromatic heterocycles. The zero-order valence-electron chi connectivity index (χ0n) is 45.9. The Bertz CT molecular complexity index is 1060. The third kappa shape index (κ3) is 53.7. The quantitative estimate of drug-likeness (QED) is 0.0321. The SMILES string of the molecule is CCCCCCC/C=C\CCCCCCCC(=O)OCCCCCCCCCCCCCC/C=C\CCCCCCCCCCC(=O)NC(CO)C(O)CCCCCCCCCCCCCCC. The van der Waals surface area contributed by atoms with Crippen molar-refractivity contribution in [2.24, 2.45) is 0 Å². The number of hydrogen-bond donors (Lipinski definition) is 3. The van der Waals surface area contributed by atoms with Crippen molar-refractivity contribution in [2.45, 2.75) is 347 Å². The molecular formula is C62H119NO5. The van der Waals surface area contributed by atoms with Crippen molar-refractivity contribution in [3.05, 3.63) is 24.3 Å². The van der Waals surface area contributed by atoms with Gasteiger partial charge in [0.05, 0.1) is 25.4 Å². The Labute approximate surface area is 424 Å². The van der Waals surface area contributed by atoms with E-state index in [1.54, 1.807) is 0 Å². The van der Waals surface area contributed by atoms with Crippen LogP contribution in [-0.4, -0.2) is 47.4 Å². The van der Waals surface area contributed by atoms with E-state index in [9.17, 15) is 19.8 Å². The van der Waals surface area contributed by atoms with Gasteiger partial charge >= 0.3 is 5.97 Å². The number of hydrogen-bond acceptors (Lipinski definition) is 5. The van der Waals surface area contributed by atoms with E-state index in [0.717, 1.165) is 44.9 Å². The molecule has 0 rings (SSSR count).